The molecule has 0 saturated heterocycles. The van der Waals surface area contributed by atoms with Gasteiger partial charge in [-0.2, -0.15) is 4.99 Å². The van der Waals surface area contributed by atoms with Crippen LogP contribution in [-0.4, -0.2) is 37.9 Å². The summed E-state index contributed by atoms with van der Waals surface area (Å²) in [5.41, 5.74) is 1.01. The molecule has 3 rings (SSSR count). The number of carbonyl (C=O) groups excluding carboxylic acids is 1. The monoisotopic (exact) mass is 432 g/mol. The molecule has 0 saturated carbocycles. The van der Waals surface area contributed by atoms with Gasteiger partial charge in [-0.05, 0) is 37.6 Å². The Morgan fingerprint density at radius 1 is 1.10 bits per heavy atom. The highest BCUT2D eigenvalue weighted by molar-refractivity contribution is 7.91. The molecule has 0 radical (unpaired) electrons. The van der Waals surface area contributed by atoms with Crippen LogP contribution in [0.3, 0.4) is 0 Å². The molecule has 1 amide bonds. The number of benzene rings is 2. The number of hydrogen-bond acceptors (Lipinski definition) is 5. The molecular formula is C21H24N2O4S2. The van der Waals surface area contributed by atoms with Crippen LogP contribution in [0.5, 0.6) is 0 Å². The van der Waals surface area contributed by atoms with E-state index in [1.807, 2.05) is 35.8 Å². The molecule has 0 spiro atoms. The Balaban J connectivity index is 1.72. The molecular weight excluding hydrogens is 408 g/mol. The summed E-state index contributed by atoms with van der Waals surface area (Å²) in [6.07, 6.45) is 0.329. The number of carbonyl (C=O) groups is 1. The van der Waals surface area contributed by atoms with Crippen molar-refractivity contribution in [2.45, 2.75) is 31.2 Å². The zero-order valence-corrected chi connectivity index (χ0v) is 17.9. The number of nitrogens with zero attached hydrogens (tertiary/aromatic N) is 2. The van der Waals surface area contributed by atoms with Gasteiger partial charge in [-0.1, -0.05) is 41.7 Å². The van der Waals surface area contributed by atoms with Gasteiger partial charge in [-0.3, -0.25) is 4.79 Å². The SMILES string of the molecule is CCOCCn1c(=NC(=O)CCCS(=O)(=O)c2ccccc2)sc2ccccc21. The smallest absolute Gasteiger partial charge is 0.248 e. The lowest BCUT2D eigenvalue weighted by molar-refractivity contribution is -0.118. The van der Waals surface area contributed by atoms with E-state index in [1.165, 1.54) is 11.3 Å². The second kappa shape index (κ2) is 9.96. The summed E-state index contributed by atoms with van der Waals surface area (Å²) in [7, 11) is -3.39. The van der Waals surface area contributed by atoms with E-state index in [0.29, 0.717) is 24.6 Å². The largest absolute Gasteiger partial charge is 0.380 e. The van der Waals surface area contributed by atoms with Crippen LogP contribution < -0.4 is 4.80 Å². The standard InChI is InChI=1S/C21H24N2O4S2/c1-2-27-15-14-23-18-11-6-7-12-19(18)28-21(23)22-20(24)13-8-16-29(25,26)17-9-4-3-5-10-17/h3-7,9-12H,2,8,13-16H2,1H3. The molecule has 0 aliphatic heterocycles. The van der Waals surface area contributed by atoms with Gasteiger partial charge in [0.25, 0.3) is 0 Å². The molecule has 6 nitrogen and oxygen atoms in total. The van der Waals surface area contributed by atoms with Gasteiger partial charge >= 0.3 is 0 Å². The molecule has 0 bridgehead atoms. The van der Waals surface area contributed by atoms with Gasteiger partial charge in [-0.25, -0.2) is 8.42 Å². The van der Waals surface area contributed by atoms with E-state index in [1.54, 1.807) is 30.3 Å². The van der Waals surface area contributed by atoms with Crippen molar-refractivity contribution in [3.63, 3.8) is 0 Å². The van der Waals surface area contributed by atoms with Crippen LogP contribution in [0.25, 0.3) is 10.2 Å². The van der Waals surface area contributed by atoms with Crippen molar-refractivity contribution in [1.82, 2.24) is 4.57 Å². The van der Waals surface area contributed by atoms with E-state index in [-0.39, 0.29) is 29.4 Å². The fourth-order valence-corrected chi connectivity index (χ4v) is 5.35. The Kier molecular flexibility index (Phi) is 7.35. The number of para-hydroxylation sites is 1. The fraction of sp³-hybridized carbons (Fsp3) is 0.333. The van der Waals surface area contributed by atoms with Crippen LogP contribution in [-0.2, 0) is 25.9 Å². The molecule has 1 heterocycles. The predicted octanol–water partition coefficient (Wildman–Crippen LogP) is 3.42. The normalized spacial score (nSPS) is 12.5. The molecule has 0 fully saturated rings. The quantitative estimate of drug-likeness (QED) is 0.486. The van der Waals surface area contributed by atoms with Crippen molar-refractivity contribution >= 4 is 37.3 Å². The first kappa shape index (κ1) is 21.4. The first-order chi connectivity index (χ1) is 14.0. The number of rotatable bonds is 9. The Morgan fingerprint density at radius 2 is 1.83 bits per heavy atom. The third kappa shape index (κ3) is 5.62. The van der Waals surface area contributed by atoms with Crippen molar-refractivity contribution < 1.29 is 17.9 Å². The maximum absolute atomic E-state index is 12.4. The molecule has 2 aromatic carbocycles. The summed E-state index contributed by atoms with van der Waals surface area (Å²) in [5.74, 6) is -0.389. The van der Waals surface area contributed by atoms with Crippen molar-refractivity contribution in [3.8, 4) is 0 Å². The lowest BCUT2D eigenvalue weighted by Crippen LogP contribution is -2.20. The van der Waals surface area contributed by atoms with Gasteiger partial charge < -0.3 is 9.30 Å². The van der Waals surface area contributed by atoms with Crippen molar-refractivity contribution in [3.05, 3.63) is 59.4 Å². The van der Waals surface area contributed by atoms with E-state index in [9.17, 15) is 13.2 Å². The van der Waals surface area contributed by atoms with E-state index in [0.717, 1.165) is 10.2 Å². The molecule has 3 aromatic rings. The van der Waals surface area contributed by atoms with Crippen LogP contribution in [0, 0.1) is 0 Å². The first-order valence-electron chi connectivity index (χ1n) is 9.53. The minimum atomic E-state index is -3.39. The number of amides is 1. The van der Waals surface area contributed by atoms with Crippen molar-refractivity contribution in [2.75, 3.05) is 19.0 Å². The van der Waals surface area contributed by atoms with Crippen LogP contribution >= 0.6 is 11.3 Å². The van der Waals surface area contributed by atoms with Crippen molar-refractivity contribution in [2.24, 2.45) is 4.99 Å². The molecule has 8 heteroatoms. The summed E-state index contributed by atoms with van der Waals surface area (Å²) < 4.78 is 33.1. The van der Waals surface area contributed by atoms with Gasteiger partial charge in [0.15, 0.2) is 14.6 Å². The van der Waals surface area contributed by atoms with Gasteiger partial charge in [0.2, 0.25) is 5.91 Å². The predicted molar refractivity (Wildman–Crippen MR) is 115 cm³/mol. The fourth-order valence-electron chi connectivity index (χ4n) is 2.94. The summed E-state index contributed by atoms with van der Waals surface area (Å²) in [6.45, 7) is 3.71. The Hall–Kier alpha value is -2.29. The highest BCUT2D eigenvalue weighted by Gasteiger charge is 2.14. The maximum Gasteiger partial charge on any atom is 0.248 e. The molecule has 0 atom stereocenters. The van der Waals surface area contributed by atoms with Crippen LogP contribution in [0.4, 0.5) is 0 Å². The number of fused-ring (bicyclic) bond motifs is 1. The number of thiazole rings is 1. The topological polar surface area (TPSA) is 77.7 Å². The molecule has 1 aromatic heterocycles. The van der Waals surface area contributed by atoms with Crippen LogP contribution in [0.2, 0.25) is 0 Å². The molecule has 0 N–H and O–H groups in total. The second-order valence-corrected chi connectivity index (χ2v) is 9.56. The number of hydrogen-bond donors (Lipinski definition) is 0. The molecule has 0 aliphatic carbocycles. The average Bonchev–Trinajstić information content (AvgIpc) is 3.06. The Bertz CT molecular complexity index is 1130. The summed E-state index contributed by atoms with van der Waals surface area (Å²) in [5, 5.41) is 0. The minimum Gasteiger partial charge on any atom is -0.380 e. The van der Waals surface area contributed by atoms with Gasteiger partial charge in [0.05, 0.1) is 27.5 Å². The zero-order chi connectivity index (χ0) is 20.7. The van der Waals surface area contributed by atoms with Crippen LogP contribution in [0.15, 0.2) is 64.5 Å². The highest BCUT2D eigenvalue weighted by atomic mass is 32.2. The Labute approximate surface area is 174 Å². The summed E-state index contributed by atoms with van der Waals surface area (Å²) in [6, 6.07) is 16.2. The highest BCUT2D eigenvalue weighted by Crippen LogP contribution is 2.17. The number of sulfone groups is 1. The third-order valence-electron chi connectivity index (χ3n) is 4.38. The molecule has 154 valence electrons. The summed E-state index contributed by atoms with van der Waals surface area (Å²) >= 11 is 1.45. The Morgan fingerprint density at radius 3 is 2.59 bits per heavy atom. The van der Waals surface area contributed by atoms with E-state index in [4.69, 9.17) is 4.74 Å². The average molecular weight is 433 g/mol. The number of ether oxygens (including phenoxy) is 1. The van der Waals surface area contributed by atoms with Gasteiger partial charge in [-0.15, -0.1) is 0 Å². The minimum absolute atomic E-state index is 0.0744. The molecule has 29 heavy (non-hydrogen) atoms. The second-order valence-electron chi connectivity index (χ2n) is 6.44. The first-order valence-corrected chi connectivity index (χ1v) is 12.0. The lowest BCUT2D eigenvalue weighted by atomic mass is 10.3. The van der Waals surface area contributed by atoms with Gasteiger partial charge in [0.1, 0.15) is 0 Å². The van der Waals surface area contributed by atoms with E-state index < -0.39 is 9.84 Å². The lowest BCUT2D eigenvalue weighted by Gasteiger charge is -2.05. The molecule has 0 aliphatic rings. The van der Waals surface area contributed by atoms with Gasteiger partial charge in [0, 0.05) is 19.6 Å². The van der Waals surface area contributed by atoms with E-state index in [2.05, 4.69) is 4.99 Å². The van der Waals surface area contributed by atoms with Crippen molar-refractivity contribution in [1.29, 1.82) is 0 Å². The third-order valence-corrected chi connectivity index (χ3v) is 7.25. The zero-order valence-electron chi connectivity index (χ0n) is 16.3. The van der Waals surface area contributed by atoms with E-state index >= 15 is 0 Å². The maximum atomic E-state index is 12.4. The number of aromatic nitrogens is 1. The summed E-state index contributed by atoms with van der Waals surface area (Å²) in [4.78, 5) is 17.5. The molecule has 0 unspecified atom stereocenters. The van der Waals surface area contributed by atoms with Crippen LogP contribution in [0.1, 0.15) is 19.8 Å².